The molecule has 0 unspecified atom stereocenters. The summed E-state index contributed by atoms with van der Waals surface area (Å²) in [4.78, 5) is -0.136. The van der Waals surface area contributed by atoms with Crippen molar-refractivity contribution in [2.75, 3.05) is 4.72 Å². The summed E-state index contributed by atoms with van der Waals surface area (Å²) in [5.41, 5.74) is 0. The van der Waals surface area contributed by atoms with E-state index in [1.807, 2.05) is 0 Å². The number of nitrogens with zero attached hydrogens (tertiary/aromatic N) is 2. The molecule has 2 rings (SSSR count). The van der Waals surface area contributed by atoms with Gasteiger partial charge in [0.25, 0.3) is 10.0 Å². The van der Waals surface area contributed by atoms with Crippen LogP contribution < -0.4 is 4.72 Å². The molecule has 0 aliphatic carbocycles. The second kappa shape index (κ2) is 4.17. The van der Waals surface area contributed by atoms with E-state index in [0.717, 1.165) is 6.07 Å². The predicted octanol–water partition coefficient (Wildman–Crippen LogP) is 1.36. The number of sulfonamides is 1. The Morgan fingerprint density at radius 1 is 1.35 bits per heavy atom. The van der Waals surface area contributed by atoms with Crippen molar-refractivity contribution in [1.29, 1.82) is 0 Å². The Morgan fingerprint density at radius 2 is 2.12 bits per heavy atom. The van der Waals surface area contributed by atoms with Gasteiger partial charge in [0.1, 0.15) is 5.82 Å². The highest BCUT2D eigenvalue weighted by Crippen LogP contribution is 2.14. The topological polar surface area (TPSA) is 64.0 Å². The summed E-state index contributed by atoms with van der Waals surface area (Å²) in [5.74, 6) is -0.411. The fourth-order valence-corrected chi connectivity index (χ4v) is 2.33. The molecule has 1 N–H and O–H groups in total. The number of aromatic nitrogens is 2. The normalized spacial score (nSPS) is 11.4. The standard InChI is InChI=1S/C10H10FN3O2S/c1-14-6-5-10(12-14)13-17(15,16)9-4-2-3-8(11)7-9/h2-7H,1H3,(H,12,13). The molecular formula is C10H10FN3O2S. The zero-order valence-corrected chi connectivity index (χ0v) is 9.78. The summed E-state index contributed by atoms with van der Waals surface area (Å²) < 4.78 is 40.3. The van der Waals surface area contributed by atoms with Crippen LogP contribution in [0.4, 0.5) is 10.2 Å². The minimum atomic E-state index is -3.79. The van der Waals surface area contributed by atoms with Crippen LogP contribution in [0.15, 0.2) is 41.4 Å². The summed E-state index contributed by atoms with van der Waals surface area (Å²) in [6.45, 7) is 0. The van der Waals surface area contributed by atoms with E-state index in [-0.39, 0.29) is 10.7 Å². The van der Waals surface area contributed by atoms with Crippen molar-refractivity contribution >= 4 is 15.8 Å². The highest BCUT2D eigenvalue weighted by Gasteiger charge is 2.15. The molecule has 0 radical (unpaired) electrons. The zero-order chi connectivity index (χ0) is 12.5. The van der Waals surface area contributed by atoms with Crippen molar-refractivity contribution in [3.63, 3.8) is 0 Å². The van der Waals surface area contributed by atoms with Gasteiger partial charge in [-0.05, 0) is 18.2 Å². The number of hydrogen-bond donors (Lipinski definition) is 1. The first-order valence-corrected chi connectivity index (χ1v) is 6.24. The molecule has 0 aliphatic heterocycles. The van der Waals surface area contributed by atoms with E-state index in [1.54, 1.807) is 13.2 Å². The molecule has 0 aliphatic rings. The summed E-state index contributed by atoms with van der Waals surface area (Å²) >= 11 is 0. The third kappa shape index (κ3) is 2.62. The number of hydrogen-bond acceptors (Lipinski definition) is 3. The van der Waals surface area contributed by atoms with Gasteiger partial charge in [0, 0.05) is 19.3 Å². The zero-order valence-electron chi connectivity index (χ0n) is 8.96. The molecule has 0 amide bonds. The highest BCUT2D eigenvalue weighted by atomic mass is 32.2. The number of rotatable bonds is 3. The van der Waals surface area contributed by atoms with Crippen LogP contribution in [0.3, 0.4) is 0 Å². The molecule has 5 nitrogen and oxygen atoms in total. The van der Waals surface area contributed by atoms with Gasteiger partial charge < -0.3 is 0 Å². The third-order valence-corrected chi connectivity index (χ3v) is 3.41. The lowest BCUT2D eigenvalue weighted by atomic mass is 10.4. The maximum absolute atomic E-state index is 12.9. The Balaban J connectivity index is 2.31. The Bertz CT molecular complexity index is 637. The number of aryl methyl sites for hydroxylation is 1. The number of nitrogens with one attached hydrogen (secondary N) is 1. The molecular weight excluding hydrogens is 245 g/mol. The summed E-state index contributed by atoms with van der Waals surface area (Å²) in [5, 5.41) is 3.88. The monoisotopic (exact) mass is 255 g/mol. The van der Waals surface area contributed by atoms with Crippen molar-refractivity contribution in [2.45, 2.75) is 4.90 Å². The van der Waals surface area contributed by atoms with Crippen LogP contribution in [0.1, 0.15) is 0 Å². The van der Waals surface area contributed by atoms with Gasteiger partial charge in [0.15, 0.2) is 5.82 Å². The second-order valence-corrected chi connectivity index (χ2v) is 5.12. The fraction of sp³-hybridized carbons (Fsp3) is 0.100. The molecule has 1 heterocycles. The van der Waals surface area contributed by atoms with E-state index >= 15 is 0 Å². The maximum atomic E-state index is 12.9. The van der Waals surface area contributed by atoms with Crippen LogP contribution in [0.2, 0.25) is 0 Å². The van der Waals surface area contributed by atoms with Gasteiger partial charge in [-0.3, -0.25) is 9.40 Å². The average molecular weight is 255 g/mol. The Morgan fingerprint density at radius 3 is 2.71 bits per heavy atom. The molecule has 2 aromatic rings. The number of anilines is 1. The highest BCUT2D eigenvalue weighted by molar-refractivity contribution is 7.92. The lowest BCUT2D eigenvalue weighted by molar-refractivity contribution is 0.595. The fourth-order valence-electron chi connectivity index (χ4n) is 1.30. The molecule has 0 fully saturated rings. The van der Waals surface area contributed by atoms with E-state index < -0.39 is 15.8 Å². The largest absolute Gasteiger partial charge is 0.274 e. The molecule has 17 heavy (non-hydrogen) atoms. The van der Waals surface area contributed by atoms with E-state index in [1.165, 1.54) is 28.9 Å². The minimum absolute atomic E-state index is 0.136. The van der Waals surface area contributed by atoms with Crippen molar-refractivity contribution in [3.8, 4) is 0 Å². The van der Waals surface area contributed by atoms with Crippen molar-refractivity contribution in [2.24, 2.45) is 7.05 Å². The Labute approximate surface area is 97.9 Å². The summed E-state index contributed by atoms with van der Waals surface area (Å²) in [6.07, 6.45) is 1.60. The van der Waals surface area contributed by atoms with E-state index in [4.69, 9.17) is 0 Å². The Kier molecular flexibility index (Phi) is 2.84. The lowest BCUT2D eigenvalue weighted by Gasteiger charge is -2.04. The molecule has 0 bridgehead atoms. The first kappa shape index (κ1) is 11.6. The smallest absolute Gasteiger partial charge is 0.263 e. The molecule has 0 spiro atoms. The van der Waals surface area contributed by atoms with Crippen LogP contribution in [-0.4, -0.2) is 18.2 Å². The van der Waals surface area contributed by atoms with Crippen LogP contribution in [0.5, 0.6) is 0 Å². The molecule has 1 aromatic carbocycles. The van der Waals surface area contributed by atoms with Crippen LogP contribution in [0.25, 0.3) is 0 Å². The molecule has 7 heteroatoms. The number of benzene rings is 1. The minimum Gasteiger partial charge on any atom is -0.274 e. The summed E-state index contributed by atoms with van der Waals surface area (Å²) in [7, 11) is -2.12. The van der Waals surface area contributed by atoms with Gasteiger partial charge in [-0.1, -0.05) is 6.07 Å². The van der Waals surface area contributed by atoms with Gasteiger partial charge >= 0.3 is 0 Å². The Hall–Kier alpha value is -1.89. The van der Waals surface area contributed by atoms with Crippen LogP contribution >= 0.6 is 0 Å². The molecule has 90 valence electrons. The van der Waals surface area contributed by atoms with Crippen molar-refractivity contribution in [3.05, 3.63) is 42.3 Å². The van der Waals surface area contributed by atoms with Gasteiger partial charge in [-0.15, -0.1) is 0 Å². The third-order valence-electron chi connectivity index (χ3n) is 2.06. The van der Waals surface area contributed by atoms with Crippen molar-refractivity contribution in [1.82, 2.24) is 9.78 Å². The van der Waals surface area contributed by atoms with Gasteiger partial charge in [0.2, 0.25) is 0 Å². The van der Waals surface area contributed by atoms with E-state index in [0.29, 0.717) is 0 Å². The molecule has 0 saturated carbocycles. The van der Waals surface area contributed by atoms with Crippen molar-refractivity contribution < 1.29 is 12.8 Å². The summed E-state index contributed by atoms with van der Waals surface area (Å²) in [6, 6.07) is 6.29. The van der Waals surface area contributed by atoms with Gasteiger partial charge in [-0.25, -0.2) is 12.8 Å². The van der Waals surface area contributed by atoms with E-state index in [9.17, 15) is 12.8 Å². The molecule has 0 atom stereocenters. The molecule has 1 aromatic heterocycles. The SMILES string of the molecule is Cn1ccc(NS(=O)(=O)c2cccc(F)c2)n1. The van der Waals surface area contributed by atoms with E-state index in [2.05, 4.69) is 9.82 Å². The lowest BCUT2D eigenvalue weighted by Crippen LogP contribution is -2.13. The predicted molar refractivity (Wildman–Crippen MR) is 60.4 cm³/mol. The van der Waals surface area contributed by atoms with Crippen LogP contribution in [-0.2, 0) is 17.1 Å². The van der Waals surface area contributed by atoms with Gasteiger partial charge in [-0.2, -0.15) is 5.10 Å². The second-order valence-electron chi connectivity index (χ2n) is 3.44. The molecule has 0 saturated heterocycles. The first-order valence-electron chi connectivity index (χ1n) is 4.75. The quantitative estimate of drug-likeness (QED) is 0.900. The average Bonchev–Trinajstić information content (AvgIpc) is 2.63. The first-order chi connectivity index (χ1) is 7.97. The van der Waals surface area contributed by atoms with Gasteiger partial charge in [0.05, 0.1) is 4.90 Å². The number of halogens is 1. The van der Waals surface area contributed by atoms with Crippen LogP contribution in [0, 0.1) is 5.82 Å². The maximum Gasteiger partial charge on any atom is 0.263 e.